The Kier molecular flexibility index (Phi) is 4.43. The number of nitrogens with two attached hydrogens (primary N) is 1. The summed E-state index contributed by atoms with van der Waals surface area (Å²) in [6.45, 7) is 3.83. The largest absolute Gasteiger partial charge is 0.330 e. The highest BCUT2D eigenvalue weighted by molar-refractivity contribution is 5.93. The second-order valence-corrected chi connectivity index (χ2v) is 3.74. The maximum atomic E-state index is 13.2. The van der Waals surface area contributed by atoms with Crippen molar-refractivity contribution in [2.24, 2.45) is 11.7 Å². The first kappa shape index (κ1) is 12.6. The highest BCUT2D eigenvalue weighted by Crippen LogP contribution is 2.18. The first-order valence-corrected chi connectivity index (χ1v) is 5.36. The lowest BCUT2D eigenvalue weighted by Gasteiger charge is -2.14. The predicted molar refractivity (Wildman–Crippen MR) is 62.6 cm³/mol. The van der Waals surface area contributed by atoms with Crippen LogP contribution in [0.1, 0.15) is 18.9 Å². The van der Waals surface area contributed by atoms with Gasteiger partial charge in [-0.05, 0) is 25.5 Å². The summed E-state index contributed by atoms with van der Waals surface area (Å²) >= 11 is 0. The molecule has 0 aliphatic heterocycles. The number of benzene rings is 1. The lowest BCUT2D eigenvalue weighted by Crippen LogP contribution is -2.28. The van der Waals surface area contributed by atoms with E-state index in [0.29, 0.717) is 24.2 Å². The Morgan fingerprint density at radius 3 is 2.81 bits per heavy atom. The zero-order chi connectivity index (χ0) is 12.1. The molecule has 0 saturated carbocycles. The molecule has 1 aromatic carbocycles. The molecule has 1 aromatic rings. The van der Waals surface area contributed by atoms with Gasteiger partial charge in [-0.25, -0.2) is 4.39 Å². The summed E-state index contributed by atoms with van der Waals surface area (Å²) in [7, 11) is 0. The standard InChI is InChI=1S/C12H17FN2O/c1-3-9(7-14)12(16)15-11-6-4-5-10(13)8(11)2/h4-6,9H,3,7,14H2,1-2H3,(H,15,16). The third-order valence-electron chi connectivity index (χ3n) is 2.67. The number of rotatable bonds is 4. The van der Waals surface area contributed by atoms with E-state index >= 15 is 0 Å². The fourth-order valence-electron chi connectivity index (χ4n) is 1.44. The molecule has 1 rings (SSSR count). The van der Waals surface area contributed by atoms with Gasteiger partial charge < -0.3 is 11.1 Å². The van der Waals surface area contributed by atoms with Crippen molar-refractivity contribution >= 4 is 11.6 Å². The molecule has 0 saturated heterocycles. The molecule has 3 nitrogen and oxygen atoms in total. The summed E-state index contributed by atoms with van der Waals surface area (Å²) in [4.78, 5) is 11.7. The Labute approximate surface area is 94.8 Å². The van der Waals surface area contributed by atoms with Gasteiger partial charge in [0.1, 0.15) is 5.82 Å². The maximum absolute atomic E-state index is 13.2. The van der Waals surface area contributed by atoms with E-state index in [1.54, 1.807) is 19.1 Å². The van der Waals surface area contributed by atoms with Gasteiger partial charge >= 0.3 is 0 Å². The summed E-state index contributed by atoms with van der Waals surface area (Å²) in [6, 6.07) is 4.62. The molecule has 0 aliphatic rings. The number of halogens is 1. The van der Waals surface area contributed by atoms with Crippen LogP contribution in [0.3, 0.4) is 0 Å². The minimum atomic E-state index is -0.321. The summed E-state index contributed by atoms with van der Waals surface area (Å²) in [5.41, 5.74) is 6.43. The van der Waals surface area contributed by atoms with E-state index < -0.39 is 0 Å². The molecule has 1 atom stereocenters. The van der Waals surface area contributed by atoms with Gasteiger partial charge in [0.2, 0.25) is 5.91 Å². The van der Waals surface area contributed by atoms with E-state index in [2.05, 4.69) is 5.32 Å². The first-order valence-electron chi connectivity index (χ1n) is 5.36. The number of carbonyl (C=O) groups is 1. The molecule has 0 fully saturated rings. The Balaban J connectivity index is 2.80. The summed E-state index contributed by atoms with van der Waals surface area (Å²) in [5, 5.41) is 2.69. The lowest BCUT2D eigenvalue weighted by molar-refractivity contribution is -0.119. The number of hydrogen-bond donors (Lipinski definition) is 2. The fraction of sp³-hybridized carbons (Fsp3) is 0.417. The Morgan fingerprint density at radius 1 is 1.56 bits per heavy atom. The van der Waals surface area contributed by atoms with Crippen LogP contribution >= 0.6 is 0 Å². The molecular weight excluding hydrogens is 207 g/mol. The molecule has 3 N–H and O–H groups in total. The van der Waals surface area contributed by atoms with E-state index in [-0.39, 0.29) is 17.6 Å². The highest BCUT2D eigenvalue weighted by atomic mass is 19.1. The van der Waals surface area contributed by atoms with E-state index in [1.807, 2.05) is 6.92 Å². The third kappa shape index (κ3) is 2.79. The number of anilines is 1. The molecular formula is C12H17FN2O. The Hall–Kier alpha value is -1.42. The normalized spacial score (nSPS) is 12.2. The van der Waals surface area contributed by atoms with Gasteiger partial charge in [-0.15, -0.1) is 0 Å². The van der Waals surface area contributed by atoms with Crippen LogP contribution in [-0.4, -0.2) is 12.5 Å². The van der Waals surface area contributed by atoms with Gasteiger partial charge in [0.25, 0.3) is 0 Å². The topological polar surface area (TPSA) is 55.1 Å². The Morgan fingerprint density at radius 2 is 2.25 bits per heavy atom. The second kappa shape index (κ2) is 5.61. The van der Waals surface area contributed by atoms with Gasteiger partial charge in [0.15, 0.2) is 0 Å². The zero-order valence-corrected chi connectivity index (χ0v) is 9.59. The quantitative estimate of drug-likeness (QED) is 0.822. The van der Waals surface area contributed by atoms with Crippen molar-refractivity contribution < 1.29 is 9.18 Å². The van der Waals surface area contributed by atoms with Crippen molar-refractivity contribution in [1.82, 2.24) is 0 Å². The van der Waals surface area contributed by atoms with Gasteiger partial charge in [0, 0.05) is 17.8 Å². The number of hydrogen-bond acceptors (Lipinski definition) is 2. The van der Waals surface area contributed by atoms with Gasteiger partial charge in [-0.3, -0.25) is 4.79 Å². The average Bonchev–Trinajstić information content (AvgIpc) is 2.26. The van der Waals surface area contributed by atoms with Crippen LogP contribution in [0.2, 0.25) is 0 Å². The molecule has 0 aliphatic carbocycles. The second-order valence-electron chi connectivity index (χ2n) is 3.74. The smallest absolute Gasteiger partial charge is 0.228 e. The molecule has 4 heteroatoms. The van der Waals surface area contributed by atoms with Gasteiger partial charge in [-0.1, -0.05) is 13.0 Å². The van der Waals surface area contributed by atoms with Crippen LogP contribution in [0, 0.1) is 18.7 Å². The summed E-state index contributed by atoms with van der Waals surface area (Å²) in [5.74, 6) is -0.694. The van der Waals surface area contributed by atoms with Crippen molar-refractivity contribution in [1.29, 1.82) is 0 Å². The molecule has 88 valence electrons. The molecule has 0 bridgehead atoms. The van der Waals surface area contributed by atoms with Crippen LogP contribution in [0.15, 0.2) is 18.2 Å². The summed E-state index contributed by atoms with van der Waals surface area (Å²) in [6.07, 6.45) is 0.677. The first-order chi connectivity index (χ1) is 7.60. The van der Waals surface area contributed by atoms with Gasteiger partial charge in [0.05, 0.1) is 5.92 Å². The zero-order valence-electron chi connectivity index (χ0n) is 9.59. The molecule has 1 amide bonds. The fourth-order valence-corrected chi connectivity index (χ4v) is 1.44. The predicted octanol–water partition coefficient (Wildman–Crippen LogP) is 2.06. The lowest BCUT2D eigenvalue weighted by atomic mass is 10.1. The van der Waals surface area contributed by atoms with E-state index in [4.69, 9.17) is 5.73 Å². The van der Waals surface area contributed by atoms with Crippen LogP contribution in [-0.2, 0) is 4.79 Å². The molecule has 0 spiro atoms. The minimum absolute atomic E-state index is 0.154. The van der Waals surface area contributed by atoms with Crippen molar-refractivity contribution in [3.8, 4) is 0 Å². The van der Waals surface area contributed by atoms with E-state index in [9.17, 15) is 9.18 Å². The van der Waals surface area contributed by atoms with Gasteiger partial charge in [-0.2, -0.15) is 0 Å². The van der Waals surface area contributed by atoms with Crippen molar-refractivity contribution in [2.75, 3.05) is 11.9 Å². The van der Waals surface area contributed by atoms with Crippen molar-refractivity contribution in [3.63, 3.8) is 0 Å². The van der Waals surface area contributed by atoms with E-state index in [1.165, 1.54) is 6.07 Å². The number of carbonyl (C=O) groups excluding carboxylic acids is 1. The SMILES string of the molecule is CCC(CN)C(=O)Nc1cccc(F)c1C. The molecule has 0 heterocycles. The average molecular weight is 224 g/mol. The monoisotopic (exact) mass is 224 g/mol. The molecule has 0 radical (unpaired) electrons. The molecule has 1 unspecified atom stereocenters. The minimum Gasteiger partial charge on any atom is -0.330 e. The molecule has 0 aromatic heterocycles. The van der Waals surface area contributed by atoms with Crippen LogP contribution < -0.4 is 11.1 Å². The molecule has 16 heavy (non-hydrogen) atoms. The van der Waals surface area contributed by atoms with Crippen LogP contribution in [0.4, 0.5) is 10.1 Å². The number of nitrogens with one attached hydrogen (secondary N) is 1. The summed E-state index contributed by atoms with van der Waals surface area (Å²) < 4.78 is 13.2. The highest BCUT2D eigenvalue weighted by Gasteiger charge is 2.15. The maximum Gasteiger partial charge on any atom is 0.228 e. The number of amides is 1. The van der Waals surface area contributed by atoms with Crippen molar-refractivity contribution in [3.05, 3.63) is 29.6 Å². The van der Waals surface area contributed by atoms with Crippen molar-refractivity contribution in [2.45, 2.75) is 20.3 Å². The van der Waals surface area contributed by atoms with E-state index in [0.717, 1.165) is 0 Å². The Bertz CT molecular complexity index is 375. The van der Waals surface area contributed by atoms with Crippen LogP contribution in [0.25, 0.3) is 0 Å². The third-order valence-corrected chi connectivity index (χ3v) is 2.67. The van der Waals surface area contributed by atoms with Crippen LogP contribution in [0.5, 0.6) is 0 Å².